The summed E-state index contributed by atoms with van der Waals surface area (Å²) in [7, 11) is 0. The molecule has 5 nitrogen and oxygen atoms in total. The summed E-state index contributed by atoms with van der Waals surface area (Å²) in [6.45, 7) is 2.56. The number of thiophene rings is 1. The van der Waals surface area contributed by atoms with Gasteiger partial charge in [0.2, 0.25) is 0 Å². The van der Waals surface area contributed by atoms with Crippen molar-refractivity contribution in [2.45, 2.75) is 5.16 Å². The van der Waals surface area contributed by atoms with Crippen LogP contribution < -0.4 is 0 Å². The van der Waals surface area contributed by atoms with E-state index in [1.165, 1.54) is 23.1 Å². The van der Waals surface area contributed by atoms with E-state index in [4.69, 9.17) is 4.74 Å². The molecular formula is C14H15N3O2S2. The van der Waals surface area contributed by atoms with Gasteiger partial charge in [-0.25, -0.2) is 9.97 Å². The van der Waals surface area contributed by atoms with E-state index in [0.717, 1.165) is 20.6 Å². The molecule has 0 unspecified atom stereocenters. The van der Waals surface area contributed by atoms with Crippen molar-refractivity contribution in [2.24, 2.45) is 0 Å². The highest BCUT2D eigenvalue weighted by Crippen LogP contribution is 2.28. The van der Waals surface area contributed by atoms with Crippen LogP contribution in [0, 0.1) is 0 Å². The monoisotopic (exact) mass is 321 g/mol. The number of rotatable bonds is 3. The molecule has 3 rings (SSSR count). The molecule has 1 aliphatic rings. The number of morpholine rings is 1. The Bertz CT molecular complexity index is 639. The number of hydrogen-bond donors (Lipinski definition) is 0. The largest absolute Gasteiger partial charge is 0.378 e. The first kappa shape index (κ1) is 14.5. The fraction of sp³-hybridized carbons (Fsp3) is 0.357. The van der Waals surface area contributed by atoms with Crippen molar-refractivity contribution in [3.8, 4) is 10.6 Å². The third-order valence-corrected chi connectivity index (χ3v) is 4.84. The van der Waals surface area contributed by atoms with Gasteiger partial charge in [-0.1, -0.05) is 11.8 Å². The number of ether oxygens (including phenoxy) is 1. The smallest absolute Gasteiger partial charge is 0.264 e. The summed E-state index contributed by atoms with van der Waals surface area (Å²) in [6.07, 6.45) is 3.69. The molecule has 0 saturated carbocycles. The van der Waals surface area contributed by atoms with Crippen LogP contribution in [0.4, 0.5) is 0 Å². The normalized spacial score (nSPS) is 15.2. The van der Waals surface area contributed by atoms with Gasteiger partial charge in [0, 0.05) is 19.3 Å². The van der Waals surface area contributed by atoms with E-state index < -0.39 is 0 Å². The lowest BCUT2D eigenvalue weighted by Gasteiger charge is -2.26. The summed E-state index contributed by atoms with van der Waals surface area (Å²) in [5.41, 5.74) is 0.861. The Morgan fingerprint density at radius 1 is 1.33 bits per heavy atom. The average molecular weight is 321 g/mol. The molecular weight excluding hydrogens is 306 g/mol. The van der Waals surface area contributed by atoms with E-state index in [9.17, 15) is 4.79 Å². The Morgan fingerprint density at radius 2 is 2.14 bits per heavy atom. The van der Waals surface area contributed by atoms with Gasteiger partial charge in [0.25, 0.3) is 5.91 Å². The van der Waals surface area contributed by atoms with Gasteiger partial charge < -0.3 is 9.64 Å². The van der Waals surface area contributed by atoms with Crippen LogP contribution in [0.3, 0.4) is 0 Å². The molecule has 0 aromatic carbocycles. The molecule has 1 saturated heterocycles. The lowest BCUT2D eigenvalue weighted by molar-refractivity contribution is 0.0306. The number of aromatic nitrogens is 2. The van der Waals surface area contributed by atoms with Gasteiger partial charge in [-0.2, -0.15) is 0 Å². The molecule has 0 aliphatic carbocycles. The zero-order valence-electron chi connectivity index (χ0n) is 11.6. The number of hydrogen-bond acceptors (Lipinski definition) is 6. The van der Waals surface area contributed by atoms with Crippen LogP contribution in [-0.2, 0) is 4.74 Å². The molecule has 0 atom stereocenters. The van der Waals surface area contributed by atoms with E-state index in [1.54, 1.807) is 6.20 Å². The predicted molar refractivity (Wildman–Crippen MR) is 83.8 cm³/mol. The first-order chi connectivity index (χ1) is 10.3. The number of carbonyl (C=O) groups is 1. The van der Waals surface area contributed by atoms with E-state index in [1.807, 2.05) is 29.4 Å². The molecule has 2 aromatic rings. The molecule has 0 bridgehead atoms. The van der Waals surface area contributed by atoms with Gasteiger partial charge in [0.1, 0.15) is 0 Å². The quantitative estimate of drug-likeness (QED) is 0.642. The Morgan fingerprint density at radius 3 is 2.90 bits per heavy atom. The molecule has 1 aliphatic heterocycles. The lowest BCUT2D eigenvalue weighted by Crippen LogP contribution is -2.40. The van der Waals surface area contributed by atoms with Gasteiger partial charge in [0.15, 0.2) is 5.16 Å². The fourth-order valence-corrected chi connectivity index (χ4v) is 3.39. The van der Waals surface area contributed by atoms with Crippen LogP contribution in [0.1, 0.15) is 9.67 Å². The highest BCUT2D eigenvalue weighted by atomic mass is 32.2. The Labute approximate surface area is 131 Å². The van der Waals surface area contributed by atoms with Crippen molar-refractivity contribution >= 4 is 29.0 Å². The minimum atomic E-state index is 0.0775. The molecule has 110 valence electrons. The topological polar surface area (TPSA) is 55.3 Å². The van der Waals surface area contributed by atoms with Gasteiger partial charge in [-0.05, 0) is 24.5 Å². The predicted octanol–water partition coefficient (Wildman–Crippen LogP) is 2.40. The SMILES string of the molecule is CSc1nccc(-c2ccc(C(=O)N3CCOCC3)s2)n1. The molecule has 0 N–H and O–H groups in total. The van der Waals surface area contributed by atoms with E-state index in [0.29, 0.717) is 26.3 Å². The second-order valence-electron chi connectivity index (χ2n) is 4.50. The van der Waals surface area contributed by atoms with Crippen LogP contribution in [0.25, 0.3) is 10.6 Å². The summed E-state index contributed by atoms with van der Waals surface area (Å²) in [6, 6.07) is 5.69. The Balaban J connectivity index is 1.80. The van der Waals surface area contributed by atoms with Crippen molar-refractivity contribution in [3.05, 3.63) is 29.3 Å². The zero-order valence-corrected chi connectivity index (χ0v) is 13.2. The molecule has 1 fully saturated rings. The third kappa shape index (κ3) is 3.25. The summed E-state index contributed by atoms with van der Waals surface area (Å²) in [5, 5.41) is 0.738. The van der Waals surface area contributed by atoms with E-state index in [2.05, 4.69) is 9.97 Å². The number of thioether (sulfide) groups is 1. The summed E-state index contributed by atoms with van der Waals surface area (Å²) in [5.74, 6) is 0.0775. The third-order valence-electron chi connectivity index (χ3n) is 3.18. The first-order valence-corrected chi connectivity index (χ1v) is 8.66. The molecule has 3 heterocycles. The van der Waals surface area contributed by atoms with Crippen LogP contribution in [-0.4, -0.2) is 53.3 Å². The van der Waals surface area contributed by atoms with Crippen LogP contribution in [0.2, 0.25) is 0 Å². The van der Waals surface area contributed by atoms with Crippen LogP contribution in [0.5, 0.6) is 0 Å². The van der Waals surface area contributed by atoms with E-state index >= 15 is 0 Å². The highest BCUT2D eigenvalue weighted by molar-refractivity contribution is 7.98. The van der Waals surface area contributed by atoms with Crippen molar-refractivity contribution in [1.82, 2.24) is 14.9 Å². The van der Waals surface area contributed by atoms with Crippen molar-refractivity contribution in [3.63, 3.8) is 0 Å². The molecule has 1 amide bonds. The minimum Gasteiger partial charge on any atom is -0.378 e. The second-order valence-corrected chi connectivity index (χ2v) is 6.35. The lowest BCUT2D eigenvalue weighted by atomic mass is 10.3. The summed E-state index contributed by atoms with van der Waals surface area (Å²) in [4.78, 5) is 24.6. The zero-order chi connectivity index (χ0) is 14.7. The molecule has 21 heavy (non-hydrogen) atoms. The second kappa shape index (κ2) is 6.55. The van der Waals surface area contributed by atoms with E-state index in [-0.39, 0.29) is 5.91 Å². The maximum absolute atomic E-state index is 12.4. The number of carbonyl (C=O) groups excluding carboxylic acids is 1. The standard InChI is InChI=1S/C14H15N3O2S2/c1-20-14-15-5-4-10(16-14)11-2-3-12(21-11)13(18)17-6-8-19-9-7-17/h2-5H,6-9H2,1H3. The average Bonchev–Trinajstić information content (AvgIpc) is 3.05. The summed E-state index contributed by atoms with van der Waals surface area (Å²) < 4.78 is 5.28. The molecule has 0 radical (unpaired) electrons. The van der Waals surface area contributed by atoms with Gasteiger partial charge in [-0.15, -0.1) is 11.3 Å². The van der Waals surface area contributed by atoms with Crippen LogP contribution >= 0.6 is 23.1 Å². The number of amides is 1. The Hall–Kier alpha value is -1.44. The fourth-order valence-electron chi connectivity index (χ4n) is 2.09. The van der Waals surface area contributed by atoms with Gasteiger partial charge in [0.05, 0.1) is 28.7 Å². The molecule has 2 aromatic heterocycles. The molecule has 0 spiro atoms. The van der Waals surface area contributed by atoms with Crippen molar-refractivity contribution in [2.75, 3.05) is 32.6 Å². The Kier molecular flexibility index (Phi) is 4.52. The molecule has 7 heteroatoms. The number of nitrogens with zero attached hydrogens (tertiary/aromatic N) is 3. The van der Waals surface area contributed by atoms with Gasteiger partial charge >= 0.3 is 0 Å². The summed E-state index contributed by atoms with van der Waals surface area (Å²) >= 11 is 2.98. The van der Waals surface area contributed by atoms with Crippen molar-refractivity contribution in [1.29, 1.82) is 0 Å². The van der Waals surface area contributed by atoms with Crippen molar-refractivity contribution < 1.29 is 9.53 Å². The highest BCUT2D eigenvalue weighted by Gasteiger charge is 2.20. The maximum atomic E-state index is 12.4. The van der Waals surface area contributed by atoms with Gasteiger partial charge in [-0.3, -0.25) is 4.79 Å². The first-order valence-electron chi connectivity index (χ1n) is 6.62. The maximum Gasteiger partial charge on any atom is 0.264 e. The van der Waals surface area contributed by atoms with Crippen LogP contribution in [0.15, 0.2) is 29.6 Å². The minimum absolute atomic E-state index is 0.0775.